The number of nitrogens with zero attached hydrogens (tertiary/aromatic N) is 1. The van der Waals surface area contributed by atoms with Crippen LogP contribution in [0.25, 0.3) is 11.0 Å². The van der Waals surface area contributed by atoms with Crippen molar-refractivity contribution in [3.8, 4) is 11.5 Å². The molecule has 8 heteroatoms. The van der Waals surface area contributed by atoms with Gasteiger partial charge in [0.2, 0.25) is 11.2 Å². The van der Waals surface area contributed by atoms with Gasteiger partial charge < -0.3 is 18.8 Å². The van der Waals surface area contributed by atoms with Gasteiger partial charge in [0.15, 0.2) is 23.5 Å². The first kappa shape index (κ1) is 21.1. The Bertz CT molecular complexity index is 1190. The first-order chi connectivity index (χ1) is 14.3. The molecule has 7 nitrogen and oxygen atoms in total. The zero-order valence-electron chi connectivity index (χ0n) is 16.5. The molecule has 0 aliphatic heterocycles. The van der Waals surface area contributed by atoms with Gasteiger partial charge >= 0.3 is 0 Å². The molecule has 3 rings (SSSR count). The Balaban J connectivity index is 2.07. The highest BCUT2D eigenvalue weighted by Gasteiger charge is 2.19. The number of carbonyl (C=O) groups excluding carboxylic acids is 2. The van der Waals surface area contributed by atoms with Crippen molar-refractivity contribution in [2.24, 2.45) is 0 Å². The zero-order valence-corrected chi connectivity index (χ0v) is 17.2. The van der Waals surface area contributed by atoms with Crippen LogP contribution in [0, 0.1) is 0 Å². The van der Waals surface area contributed by atoms with E-state index in [0.29, 0.717) is 16.9 Å². The second-order valence-corrected chi connectivity index (χ2v) is 6.97. The zero-order chi connectivity index (χ0) is 21.8. The van der Waals surface area contributed by atoms with E-state index in [2.05, 4.69) is 0 Å². The first-order valence-corrected chi connectivity index (χ1v) is 9.17. The van der Waals surface area contributed by atoms with Gasteiger partial charge in [-0.25, -0.2) is 0 Å². The highest BCUT2D eigenvalue weighted by Crippen LogP contribution is 2.33. The first-order valence-electron chi connectivity index (χ1n) is 8.79. The molecule has 0 amide bonds. The predicted molar refractivity (Wildman–Crippen MR) is 113 cm³/mol. The SMILES string of the molecule is COc1cc2c(=O)c(C=O)coc2cc1O/C(=C\N(C)C)C(=O)c1ccc(Cl)cc1. The largest absolute Gasteiger partial charge is 0.493 e. The van der Waals surface area contributed by atoms with Gasteiger partial charge in [-0.1, -0.05) is 11.6 Å². The van der Waals surface area contributed by atoms with Crippen LogP contribution in [-0.2, 0) is 0 Å². The Labute approximate surface area is 177 Å². The van der Waals surface area contributed by atoms with Gasteiger partial charge in [-0.2, -0.15) is 0 Å². The second-order valence-electron chi connectivity index (χ2n) is 6.53. The minimum Gasteiger partial charge on any atom is -0.493 e. The Morgan fingerprint density at radius 2 is 1.83 bits per heavy atom. The molecule has 1 aromatic heterocycles. The topological polar surface area (TPSA) is 86.1 Å². The van der Waals surface area contributed by atoms with Gasteiger partial charge in [0, 0.05) is 36.9 Å². The summed E-state index contributed by atoms with van der Waals surface area (Å²) in [7, 11) is 4.89. The van der Waals surface area contributed by atoms with E-state index in [1.54, 1.807) is 43.3 Å². The number of Topliss-reactive ketones (excluding diaryl/α,β-unsaturated/α-hetero) is 1. The van der Waals surface area contributed by atoms with Crippen molar-refractivity contribution in [2.45, 2.75) is 0 Å². The van der Waals surface area contributed by atoms with E-state index in [9.17, 15) is 14.4 Å². The summed E-state index contributed by atoms with van der Waals surface area (Å²) >= 11 is 5.90. The molecule has 3 aromatic rings. The smallest absolute Gasteiger partial charge is 0.229 e. The molecule has 30 heavy (non-hydrogen) atoms. The van der Waals surface area contributed by atoms with Crippen LogP contribution < -0.4 is 14.9 Å². The molecule has 0 aliphatic carbocycles. The lowest BCUT2D eigenvalue weighted by Gasteiger charge is -2.15. The molecular weight excluding hydrogens is 410 g/mol. The van der Waals surface area contributed by atoms with Gasteiger partial charge in [0.25, 0.3) is 0 Å². The summed E-state index contributed by atoms with van der Waals surface area (Å²) in [5.41, 5.74) is -0.0271. The molecule has 2 aromatic carbocycles. The summed E-state index contributed by atoms with van der Waals surface area (Å²) in [6, 6.07) is 9.24. The Hall–Kier alpha value is -3.58. The number of carbonyl (C=O) groups is 2. The molecule has 0 atom stereocenters. The molecule has 0 aliphatic rings. The second kappa shape index (κ2) is 8.84. The summed E-state index contributed by atoms with van der Waals surface area (Å²) in [4.78, 5) is 38.0. The Morgan fingerprint density at radius 1 is 1.13 bits per heavy atom. The summed E-state index contributed by atoms with van der Waals surface area (Å²) < 4.78 is 16.6. The van der Waals surface area contributed by atoms with Crippen molar-refractivity contribution in [3.63, 3.8) is 0 Å². The van der Waals surface area contributed by atoms with Crippen molar-refractivity contribution >= 4 is 34.6 Å². The number of allylic oxidation sites excluding steroid dienone is 1. The maximum atomic E-state index is 13.0. The Morgan fingerprint density at radius 3 is 2.43 bits per heavy atom. The van der Waals surface area contributed by atoms with Gasteiger partial charge in [0.05, 0.1) is 18.1 Å². The van der Waals surface area contributed by atoms with Crippen LogP contribution in [-0.4, -0.2) is 38.2 Å². The molecule has 0 N–H and O–H groups in total. The van der Waals surface area contributed by atoms with Crippen molar-refractivity contribution in [3.05, 3.63) is 81.0 Å². The third-order valence-electron chi connectivity index (χ3n) is 4.14. The molecule has 0 radical (unpaired) electrons. The molecule has 0 unspecified atom stereocenters. The van der Waals surface area contributed by atoms with Crippen LogP contribution in [0.2, 0.25) is 5.02 Å². The van der Waals surface area contributed by atoms with Crippen molar-refractivity contribution in [2.75, 3.05) is 21.2 Å². The molecule has 154 valence electrons. The van der Waals surface area contributed by atoms with E-state index >= 15 is 0 Å². The third-order valence-corrected chi connectivity index (χ3v) is 4.39. The number of hydrogen-bond acceptors (Lipinski definition) is 7. The van der Waals surface area contributed by atoms with E-state index in [1.807, 2.05) is 0 Å². The average molecular weight is 428 g/mol. The standard InChI is InChI=1S/C22H18ClNO6/c1-24(2)10-20(22(27)13-4-6-15(23)7-5-13)30-19-9-17-16(8-18(19)28-3)21(26)14(11-25)12-29-17/h4-12H,1-3H3/b20-10-. The normalized spacial score (nSPS) is 11.3. The Kier molecular flexibility index (Phi) is 6.23. The maximum Gasteiger partial charge on any atom is 0.229 e. The number of halogens is 1. The van der Waals surface area contributed by atoms with Crippen LogP contribution in [0.1, 0.15) is 20.7 Å². The number of benzene rings is 2. The van der Waals surface area contributed by atoms with E-state index in [-0.39, 0.29) is 39.6 Å². The lowest BCUT2D eigenvalue weighted by atomic mass is 10.1. The lowest BCUT2D eigenvalue weighted by molar-refractivity contribution is 0.0981. The molecule has 0 fully saturated rings. The van der Waals surface area contributed by atoms with E-state index in [1.165, 1.54) is 25.4 Å². The minimum absolute atomic E-state index is 0.0202. The van der Waals surface area contributed by atoms with Crippen molar-refractivity contribution < 1.29 is 23.5 Å². The molecule has 0 saturated heterocycles. The van der Waals surface area contributed by atoms with Crippen LogP contribution >= 0.6 is 11.6 Å². The van der Waals surface area contributed by atoms with Crippen LogP contribution in [0.3, 0.4) is 0 Å². The van der Waals surface area contributed by atoms with Gasteiger partial charge in [-0.15, -0.1) is 0 Å². The minimum atomic E-state index is -0.489. The molecule has 1 heterocycles. The lowest BCUT2D eigenvalue weighted by Crippen LogP contribution is -2.15. The van der Waals surface area contributed by atoms with Crippen LogP contribution in [0.4, 0.5) is 0 Å². The fraction of sp³-hybridized carbons (Fsp3) is 0.136. The van der Waals surface area contributed by atoms with E-state index < -0.39 is 5.43 Å². The predicted octanol–water partition coefficient (Wildman–Crippen LogP) is 3.93. The highest BCUT2D eigenvalue weighted by molar-refractivity contribution is 6.30. The number of ketones is 1. The third kappa shape index (κ3) is 4.36. The summed E-state index contributed by atoms with van der Waals surface area (Å²) in [5.74, 6) is 0.0148. The molecular formula is C22H18ClNO6. The maximum absolute atomic E-state index is 13.0. The number of methoxy groups -OCH3 is 1. The number of rotatable bonds is 7. The summed E-state index contributed by atoms with van der Waals surface area (Å²) in [6.45, 7) is 0. The van der Waals surface area contributed by atoms with E-state index in [4.69, 9.17) is 25.5 Å². The fourth-order valence-corrected chi connectivity index (χ4v) is 2.83. The van der Waals surface area contributed by atoms with Crippen LogP contribution in [0.5, 0.6) is 11.5 Å². The number of hydrogen-bond donors (Lipinski definition) is 0. The number of ether oxygens (including phenoxy) is 2. The molecule has 0 bridgehead atoms. The highest BCUT2D eigenvalue weighted by atomic mass is 35.5. The molecule has 0 saturated carbocycles. The monoisotopic (exact) mass is 427 g/mol. The van der Waals surface area contributed by atoms with Crippen molar-refractivity contribution in [1.82, 2.24) is 4.90 Å². The number of aldehydes is 1. The van der Waals surface area contributed by atoms with E-state index in [0.717, 1.165) is 6.26 Å². The quantitative estimate of drug-likeness (QED) is 0.244. The summed E-state index contributed by atoms with van der Waals surface area (Å²) in [5, 5.41) is 0.664. The van der Waals surface area contributed by atoms with Crippen LogP contribution in [0.15, 0.2) is 63.8 Å². The number of fused-ring (bicyclic) bond motifs is 1. The average Bonchev–Trinajstić information content (AvgIpc) is 2.73. The van der Waals surface area contributed by atoms with Gasteiger partial charge in [-0.05, 0) is 30.3 Å². The van der Waals surface area contributed by atoms with Gasteiger partial charge in [-0.3, -0.25) is 14.4 Å². The fourth-order valence-electron chi connectivity index (χ4n) is 2.70. The molecule has 0 spiro atoms. The summed E-state index contributed by atoms with van der Waals surface area (Å²) in [6.07, 6.45) is 3.01. The van der Waals surface area contributed by atoms with Gasteiger partial charge in [0.1, 0.15) is 11.8 Å². The van der Waals surface area contributed by atoms with Crippen molar-refractivity contribution in [1.29, 1.82) is 0 Å².